The van der Waals surface area contributed by atoms with E-state index in [0.29, 0.717) is 23.6 Å². The maximum absolute atomic E-state index is 12.3. The highest BCUT2D eigenvalue weighted by Crippen LogP contribution is 2.17. The number of alkyl halides is 1. The summed E-state index contributed by atoms with van der Waals surface area (Å²) in [6.45, 7) is 0.707. The van der Waals surface area contributed by atoms with Crippen LogP contribution in [0, 0.1) is 0 Å². The third kappa shape index (κ3) is 2.67. The van der Waals surface area contributed by atoms with E-state index >= 15 is 0 Å². The van der Waals surface area contributed by atoms with E-state index in [1.54, 1.807) is 17.7 Å². The molecule has 4 heteroatoms. The molecule has 0 bridgehead atoms. The molecule has 1 aromatic carbocycles. The highest BCUT2D eigenvalue weighted by Gasteiger charge is 2.04. The number of aryl methyl sites for hydroxylation is 1. The van der Waals surface area contributed by atoms with Gasteiger partial charge in [-0.3, -0.25) is 4.79 Å². The number of halogens is 1. The van der Waals surface area contributed by atoms with Gasteiger partial charge in [-0.1, -0.05) is 6.07 Å². The number of unbranched alkanes of at least 4 members (excludes halogenated alkanes) is 1. The van der Waals surface area contributed by atoms with Gasteiger partial charge in [0, 0.05) is 18.6 Å². The van der Waals surface area contributed by atoms with Gasteiger partial charge >= 0.3 is 0 Å². The van der Waals surface area contributed by atoms with Gasteiger partial charge in [0.1, 0.15) is 5.75 Å². The number of aromatic nitrogens is 1. The van der Waals surface area contributed by atoms with E-state index in [1.807, 2.05) is 24.4 Å². The van der Waals surface area contributed by atoms with Gasteiger partial charge in [0.05, 0.1) is 12.5 Å². The minimum atomic E-state index is 0.0287. The Hall–Kier alpha value is -1.48. The Morgan fingerprint density at radius 2 is 2.11 bits per heavy atom. The molecule has 2 aromatic rings. The van der Waals surface area contributed by atoms with Crippen molar-refractivity contribution in [3.8, 4) is 5.75 Å². The Labute approximate surface area is 111 Å². The number of rotatable bonds is 5. The molecule has 0 N–H and O–H groups in total. The fraction of sp³-hybridized carbons (Fsp3) is 0.357. The van der Waals surface area contributed by atoms with Crippen molar-refractivity contribution in [1.82, 2.24) is 4.57 Å². The van der Waals surface area contributed by atoms with Crippen LogP contribution in [-0.2, 0) is 6.54 Å². The van der Waals surface area contributed by atoms with Crippen LogP contribution < -0.4 is 10.3 Å². The van der Waals surface area contributed by atoms with Crippen LogP contribution in [-0.4, -0.2) is 17.6 Å². The van der Waals surface area contributed by atoms with E-state index in [-0.39, 0.29) is 5.56 Å². The van der Waals surface area contributed by atoms with E-state index in [4.69, 9.17) is 16.3 Å². The lowest BCUT2D eigenvalue weighted by molar-refractivity contribution is 0.415. The summed E-state index contributed by atoms with van der Waals surface area (Å²) in [6, 6.07) is 7.50. The lowest BCUT2D eigenvalue weighted by Crippen LogP contribution is -2.19. The van der Waals surface area contributed by atoms with Crippen molar-refractivity contribution in [2.24, 2.45) is 0 Å². The van der Waals surface area contributed by atoms with E-state index in [1.165, 1.54) is 0 Å². The van der Waals surface area contributed by atoms with Gasteiger partial charge in [-0.2, -0.15) is 0 Å². The number of methoxy groups -OCH3 is 1. The summed E-state index contributed by atoms with van der Waals surface area (Å²) in [7, 11) is 1.60. The first kappa shape index (κ1) is 13.0. The van der Waals surface area contributed by atoms with Gasteiger partial charge in [0.2, 0.25) is 0 Å². The van der Waals surface area contributed by atoms with Crippen molar-refractivity contribution in [2.75, 3.05) is 13.0 Å². The molecule has 0 radical (unpaired) electrons. The molecule has 0 aliphatic carbocycles. The Kier molecular flexibility index (Phi) is 4.26. The molecule has 96 valence electrons. The number of pyridine rings is 1. The van der Waals surface area contributed by atoms with Crippen LogP contribution in [0.4, 0.5) is 0 Å². The second-order valence-electron chi connectivity index (χ2n) is 4.16. The largest absolute Gasteiger partial charge is 0.497 e. The molecule has 1 heterocycles. The van der Waals surface area contributed by atoms with Gasteiger partial charge in [-0.25, -0.2) is 0 Å². The maximum Gasteiger partial charge on any atom is 0.258 e. The number of hydrogen-bond acceptors (Lipinski definition) is 2. The molecule has 3 nitrogen and oxygen atoms in total. The SMILES string of the molecule is COc1ccc2ccn(CCCCCl)c(=O)c2c1. The number of ether oxygens (including phenoxy) is 1. The average molecular weight is 266 g/mol. The predicted octanol–water partition coefficient (Wildman–Crippen LogP) is 3.03. The second kappa shape index (κ2) is 5.91. The molecule has 0 aliphatic heterocycles. The predicted molar refractivity (Wildman–Crippen MR) is 74.7 cm³/mol. The molecule has 0 atom stereocenters. The molecule has 0 spiro atoms. The lowest BCUT2D eigenvalue weighted by Gasteiger charge is -2.07. The fourth-order valence-electron chi connectivity index (χ4n) is 1.94. The molecule has 18 heavy (non-hydrogen) atoms. The quantitative estimate of drug-likeness (QED) is 0.615. The van der Waals surface area contributed by atoms with Gasteiger partial charge in [-0.15, -0.1) is 11.6 Å². The van der Waals surface area contributed by atoms with Crippen LogP contribution in [0.2, 0.25) is 0 Å². The monoisotopic (exact) mass is 265 g/mol. The summed E-state index contributed by atoms with van der Waals surface area (Å²) < 4.78 is 6.88. The van der Waals surface area contributed by atoms with Crippen LogP contribution in [0.3, 0.4) is 0 Å². The lowest BCUT2D eigenvalue weighted by atomic mass is 10.1. The maximum atomic E-state index is 12.3. The molecule has 1 aromatic heterocycles. The van der Waals surface area contributed by atoms with Gasteiger partial charge in [0.15, 0.2) is 0 Å². The summed E-state index contributed by atoms with van der Waals surface area (Å²) in [6.07, 6.45) is 3.67. The van der Waals surface area contributed by atoms with Crippen molar-refractivity contribution < 1.29 is 4.74 Å². The van der Waals surface area contributed by atoms with Crippen molar-refractivity contribution in [1.29, 1.82) is 0 Å². The summed E-state index contributed by atoms with van der Waals surface area (Å²) in [5, 5.41) is 1.64. The summed E-state index contributed by atoms with van der Waals surface area (Å²) in [5.41, 5.74) is 0.0287. The first-order valence-corrected chi connectivity index (χ1v) is 6.53. The first-order valence-electron chi connectivity index (χ1n) is 5.99. The summed E-state index contributed by atoms with van der Waals surface area (Å²) in [5.74, 6) is 1.34. The van der Waals surface area contributed by atoms with Gasteiger partial charge < -0.3 is 9.30 Å². The van der Waals surface area contributed by atoms with Crippen molar-refractivity contribution >= 4 is 22.4 Å². The van der Waals surface area contributed by atoms with Crippen LogP contribution in [0.25, 0.3) is 10.8 Å². The second-order valence-corrected chi connectivity index (χ2v) is 4.54. The Bertz CT molecular complexity index is 592. The molecular weight excluding hydrogens is 250 g/mol. The molecule has 2 rings (SSSR count). The average Bonchev–Trinajstić information content (AvgIpc) is 2.41. The fourth-order valence-corrected chi connectivity index (χ4v) is 2.13. The zero-order chi connectivity index (χ0) is 13.0. The van der Waals surface area contributed by atoms with Crippen LogP contribution in [0.1, 0.15) is 12.8 Å². The molecule has 0 saturated heterocycles. The Morgan fingerprint density at radius 3 is 2.83 bits per heavy atom. The molecular formula is C14H16ClNO2. The van der Waals surface area contributed by atoms with E-state index in [9.17, 15) is 4.79 Å². The number of hydrogen-bond donors (Lipinski definition) is 0. The summed E-state index contributed by atoms with van der Waals surface area (Å²) >= 11 is 5.64. The number of nitrogens with zero attached hydrogens (tertiary/aromatic N) is 1. The molecule has 0 fully saturated rings. The van der Waals surface area contributed by atoms with E-state index in [2.05, 4.69) is 0 Å². The van der Waals surface area contributed by atoms with Crippen molar-refractivity contribution in [3.63, 3.8) is 0 Å². The minimum Gasteiger partial charge on any atom is -0.497 e. The molecule has 0 aliphatic rings. The zero-order valence-electron chi connectivity index (χ0n) is 10.4. The van der Waals surface area contributed by atoms with Crippen LogP contribution >= 0.6 is 11.6 Å². The molecule has 0 amide bonds. The number of fused-ring (bicyclic) bond motifs is 1. The topological polar surface area (TPSA) is 31.2 Å². The van der Waals surface area contributed by atoms with E-state index < -0.39 is 0 Å². The highest BCUT2D eigenvalue weighted by atomic mass is 35.5. The zero-order valence-corrected chi connectivity index (χ0v) is 11.1. The van der Waals surface area contributed by atoms with Crippen molar-refractivity contribution in [2.45, 2.75) is 19.4 Å². The van der Waals surface area contributed by atoms with Crippen LogP contribution in [0.5, 0.6) is 5.75 Å². The molecule has 0 unspecified atom stereocenters. The van der Waals surface area contributed by atoms with Gasteiger partial charge in [0.25, 0.3) is 5.56 Å². The van der Waals surface area contributed by atoms with Crippen LogP contribution in [0.15, 0.2) is 35.3 Å². The van der Waals surface area contributed by atoms with Gasteiger partial charge in [-0.05, 0) is 36.4 Å². The molecule has 0 saturated carbocycles. The van der Waals surface area contributed by atoms with Crippen molar-refractivity contribution in [3.05, 3.63) is 40.8 Å². The summed E-state index contributed by atoms with van der Waals surface area (Å²) in [4.78, 5) is 12.3. The smallest absolute Gasteiger partial charge is 0.258 e. The minimum absolute atomic E-state index is 0.0287. The first-order chi connectivity index (χ1) is 8.76. The standard InChI is InChI=1S/C14H16ClNO2/c1-18-12-5-4-11-6-9-16(8-3-2-7-15)14(17)13(11)10-12/h4-6,9-10H,2-3,7-8H2,1H3. The van der Waals surface area contributed by atoms with E-state index in [0.717, 1.165) is 18.2 Å². The number of benzene rings is 1. The normalized spacial score (nSPS) is 10.8. The third-order valence-electron chi connectivity index (χ3n) is 2.97. The Morgan fingerprint density at radius 1 is 1.28 bits per heavy atom. The highest BCUT2D eigenvalue weighted by molar-refractivity contribution is 6.17. The Balaban J connectivity index is 2.39. The third-order valence-corrected chi connectivity index (χ3v) is 3.24.